The lowest BCUT2D eigenvalue weighted by Crippen LogP contribution is -2.39. The van der Waals surface area contributed by atoms with Crippen LogP contribution in [0, 0.1) is 5.82 Å². The number of hydrogen-bond acceptors (Lipinski definition) is 5. The first kappa shape index (κ1) is 29.6. The van der Waals surface area contributed by atoms with Gasteiger partial charge in [0, 0.05) is 47.6 Å². The number of H-pyrrole nitrogens is 1. The minimum absolute atomic E-state index is 0.00371. The average molecular weight is 645 g/mol. The summed E-state index contributed by atoms with van der Waals surface area (Å²) in [5, 5.41) is 5.30. The first-order valence-corrected chi connectivity index (χ1v) is 16.3. The average Bonchev–Trinajstić information content (AvgIpc) is 3.61. The minimum Gasteiger partial charge on any atom is -0.330 e. The molecule has 0 spiro atoms. The number of nitrogens with one attached hydrogen (secondary N) is 2. The van der Waals surface area contributed by atoms with Crippen molar-refractivity contribution in [1.82, 2.24) is 24.4 Å². The summed E-state index contributed by atoms with van der Waals surface area (Å²) in [5.74, 6) is -1.10. The van der Waals surface area contributed by atoms with Crippen LogP contribution in [0.2, 0.25) is 10.0 Å². The number of benzene rings is 2. The van der Waals surface area contributed by atoms with E-state index in [1.54, 1.807) is 21.7 Å². The van der Waals surface area contributed by atoms with Crippen LogP contribution in [-0.4, -0.2) is 46.8 Å². The zero-order chi connectivity index (χ0) is 30.8. The molecule has 2 aromatic heterocycles. The third-order valence-corrected chi connectivity index (χ3v) is 9.50. The Kier molecular flexibility index (Phi) is 7.28. The van der Waals surface area contributed by atoms with Crippen LogP contribution in [0.5, 0.6) is 0 Å². The van der Waals surface area contributed by atoms with E-state index < -0.39 is 33.3 Å². The number of carbonyl (C=O) groups is 1. The number of nitrogens with zero attached hydrogens (tertiary/aromatic N) is 3. The number of aryl methyl sites for hydroxylation is 1. The standard InChI is InChI=1S/C30H28Cl2FN5O4S/c1-16-27-22(28(37(2)35-27)18-10-19(13-20(31)11-18)30(6-7-30)36-43(3,41)42)5-9-38(16)29(40)24-15-21(33)14-23(26(24)32)17-4-8-34-25(39)12-17/h4,8,10-16,36H,5-7,9H2,1-3H3,(H,34,39). The molecule has 0 saturated heterocycles. The Balaban J connectivity index is 1.35. The van der Waals surface area contributed by atoms with Crippen molar-refractivity contribution in [2.45, 2.75) is 37.8 Å². The van der Waals surface area contributed by atoms with Gasteiger partial charge in [-0.25, -0.2) is 17.5 Å². The molecule has 6 rings (SSSR count). The lowest BCUT2D eigenvalue weighted by molar-refractivity contribution is 0.0673. The van der Waals surface area contributed by atoms with Crippen LogP contribution in [0.15, 0.2) is 53.5 Å². The molecule has 1 amide bonds. The number of pyridine rings is 1. The second-order valence-corrected chi connectivity index (χ2v) is 13.8. The lowest BCUT2D eigenvalue weighted by atomic mass is 9.93. The minimum atomic E-state index is -3.44. The zero-order valence-corrected chi connectivity index (χ0v) is 25.9. The van der Waals surface area contributed by atoms with Crippen molar-refractivity contribution >= 4 is 39.1 Å². The molecule has 1 fully saturated rings. The van der Waals surface area contributed by atoms with E-state index in [4.69, 9.17) is 28.3 Å². The fourth-order valence-corrected chi connectivity index (χ4v) is 7.60. The van der Waals surface area contributed by atoms with Crippen molar-refractivity contribution in [3.05, 3.63) is 97.3 Å². The van der Waals surface area contributed by atoms with Gasteiger partial charge >= 0.3 is 0 Å². The molecule has 224 valence electrons. The molecular weight excluding hydrogens is 616 g/mol. The molecular formula is C30H28Cl2FN5O4S. The number of amides is 1. The van der Waals surface area contributed by atoms with Gasteiger partial charge in [-0.1, -0.05) is 23.2 Å². The van der Waals surface area contributed by atoms with Crippen molar-refractivity contribution in [2.75, 3.05) is 12.8 Å². The fraction of sp³-hybridized carbons (Fsp3) is 0.300. The highest BCUT2D eigenvalue weighted by molar-refractivity contribution is 7.88. The molecule has 2 aliphatic rings. The van der Waals surface area contributed by atoms with Gasteiger partial charge in [-0.05, 0) is 73.7 Å². The van der Waals surface area contributed by atoms with Crippen molar-refractivity contribution in [3.63, 3.8) is 0 Å². The Bertz CT molecular complexity index is 1970. The van der Waals surface area contributed by atoms with Crippen LogP contribution in [0.1, 0.15) is 53.0 Å². The van der Waals surface area contributed by atoms with E-state index >= 15 is 0 Å². The summed E-state index contributed by atoms with van der Waals surface area (Å²) in [7, 11) is -1.63. The Morgan fingerprint density at radius 3 is 2.56 bits per heavy atom. The van der Waals surface area contributed by atoms with Gasteiger partial charge in [0.25, 0.3) is 5.91 Å². The SMILES string of the molecule is CC1c2nn(C)c(-c3cc(Cl)cc(C4(NS(C)(=O)=O)CC4)c3)c2CCN1C(=O)c1cc(F)cc(-c2cc[nH]c(=O)c2)c1Cl. The van der Waals surface area contributed by atoms with E-state index in [9.17, 15) is 22.4 Å². The molecule has 3 heterocycles. The molecule has 9 nitrogen and oxygen atoms in total. The van der Waals surface area contributed by atoms with E-state index in [1.807, 2.05) is 26.1 Å². The molecule has 1 aliphatic heterocycles. The number of sulfonamides is 1. The second kappa shape index (κ2) is 10.6. The molecule has 1 atom stereocenters. The number of rotatable bonds is 6. The van der Waals surface area contributed by atoms with E-state index in [0.717, 1.165) is 34.7 Å². The summed E-state index contributed by atoms with van der Waals surface area (Å²) in [4.78, 5) is 29.8. The smallest absolute Gasteiger partial charge is 0.256 e. The third-order valence-electron chi connectivity index (χ3n) is 8.11. The van der Waals surface area contributed by atoms with Gasteiger partial charge in [-0.2, -0.15) is 5.10 Å². The van der Waals surface area contributed by atoms with Gasteiger partial charge in [-0.3, -0.25) is 14.3 Å². The number of aromatic nitrogens is 3. The number of halogens is 3. The van der Waals surface area contributed by atoms with Gasteiger partial charge in [0.05, 0.1) is 39.8 Å². The van der Waals surface area contributed by atoms with E-state index in [2.05, 4.69) is 9.71 Å². The van der Waals surface area contributed by atoms with E-state index in [-0.39, 0.29) is 21.7 Å². The summed E-state index contributed by atoms with van der Waals surface area (Å²) >= 11 is 13.2. The largest absolute Gasteiger partial charge is 0.330 e. The maximum absolute atomic E-state index is 14.8. The van der Waals surface area contributed by atoms with Gasteiger partial charge in [-0.15, -0.1) is 0 Å². The van der Waals surface area contributed by atoms with Crippen LogP contribution in [0.25, 0.3) is 22.4 Å². The molecule has 13 heteroatoms. The summed E-state index contributed by atoms with van der Waals surface area (Å²) < 4.78 is 43.3. The number of carbonyl (C=O) groups excluding carboxylic acids is 1. The third kappa shape index (κ3) is 5.50. The molecule has 1 unspecified atom stereocenters. The van der Waals surface area contributed by atoms with Crippen LogP contribution in [-0.2, 0) is 29.0 Å². The van der Waals surface area contributed by atoms with Crippen molar-refractivity contribution in [2.24, 2.45) is 7.05 Å². The molecule has 1 saturated carbocycles. The molecule has 2 N–H and O–H groups in total. The van der Waals surface area contributed by atoms with Gasteiger partial charge in [0.15, 0.2) is 0 Å². The Hall–Kier alpha value is -3.51. The highest BCUT2D eigenvalue weighted by Crippen LogP contribution is 2.48. The normalized spacial score (nSPS) is 17.5. The molecule has 1 aliphatic carbocycles. The molecule has 43 heavy (non-hydrogen) atoms. The quantitative estimate of drug-likeness (QED) is 0.300. The summed E-state index contributed by atoms with van der Waals surface area (Å²) in [6.45, 7) is 2.18. The van der Waals surface area contributed by atoms with Crippen LogP contribution in [0.3, 0.4) is 0 Å². The Morgan fingerprint density at radius 2 is 1.88 bits per heavy atom. The molecule has 0 radical (unpaired) electrons. The predicted octanol–water partition coefficient (Wildman–Crippen LogP) is 5.19. The first-order valence-electron chi connectivity index (χ1n) is 13.6. The van der Waals surface area contributed by atoms with E-state index in [1.165, 1.54) is 18.3 Å². The monoisotopic (exact) mass is 643 g/mol. The van der Waals surface area contributed by atoms with Crippen molar-refractivity contribution < 1.29 is 17.6 Å². The van der Waals surface area contributed by atoms with Crippen molar-refractivity contribution in [3.8, 4) is 22.4 Å². The highest BCUT2D eigenvalue weighted by Gasteiger charge is 2.47. The maximum atomic E-state index is 14.8. The molecule has 4 aromatic rings. The predicted molar refractivity (Wildman–Crippen MR) is 163 cm³/mol. The molecule has 2 aromatic carbocycles. The fourth-order valence-electron chi connectivity index (χ4n) is 6.04. The van der Waals surface area contributed by atoms with Crippen LogP contribution >= 0.6 is 23.2 Å². The van der Waals surface area contributed by atoms with Gasteiger partial charge in [0.1, 0.15) is 5.82 Å². The highest BCUT2D eigenvalue weighted by atomic mass is 35.5. The lowest BCUT2D eigenvalue weighted by Gasteiger charge is -2.33. The Morgan fingerprint density at radius 1 is 1.14 bits per heavy atom. The topological polar surface area (TPSA) is 117 Å². The number of fused-ring (bicyclic) bond motifs is 1. The van der Waals surface area contributed by atoms with Crippen LogP contribution < -0.4 is 10.3 Å². The summed E-state index contributed by atoms with van der Waals surface area (Å²) in [6.07, 6.45) is 4.38. The van der Waals surface area contributed by atoms with Gasteiger partial charge in [0.2, 0.25) is 15.6 Å². The van der Waals surface area contributed by atoms with E-state index in [0.29, 0.717) is 42.1 Å². The zero-order valence-electron chi connectivity index (χ0n) is 23.5. The number of hydrogen-bond donors (Lipinski definition) is 2. The Labute approximate surface area is 257 Å². The first-order chi connectivity index (χ1) is 20.3. The maximum Gasteiger partial charge on any atom is 0.256 e. The second-order valence-electron chi connectivity index (χ2n) is 11.2. The molecule has 0 bridgehead atoms. The number of aromatic amines is 1. The van der Waals surface area contributed by atoms with Gasteiger partial charge < -0.3 is 9.88 Å². The summed E-state index contributed by atoms with van der Waals surface area (Å²) in [6, 6.07) is 10.3. The van der Waals surface area contributed by atoms with Crippen LogP contribution in [0.4, 0.5) is 4.39 Å². The van der Waals surface area contributed by atoms with Crippen molar-refractivity contribution in [1.29, 1.82) is 0 Å². The summed E-state index contributed by atoms with van der Waals surface area (Å²) in [5.41, 5.74) is 3.63.